The molecule has 0 rings (SSSR count). The first-order valence-corrected chi connectivity index (χ1v) is 11.5. The maximum atomic E-state index is 11.9. The fourth-order valence-electron chi connectivity index (χ4n) is 3.61. The molecule has 0 aliphatic rings. The first-order valence-electron chi connectivity index (χ1n) is 11.5. The summed E-state index contributed by atoms with van der Waals surface area (Å²) < 4.78 is 0.604. The molecule has 0 atom stereocenters. The summed E-state index contributed by atoms with van der Waals surface area (Å²) in [4.78, 5) is 11.9. The summed E-state index contributed by atoms with van der Waals surface area (Å²) in [6.45, 7) is 7.79. The van der Waals surface area contributed by atoms with Crippen molar-refractivity contribution in [1.82, 2.24) is 5.43 Å². The van der Waals surface area contributed by atoms with Crippen molar-refractivity contribution in [3.8, 4) is 0 Å². The Bertz CT molecular complexity index is 332. The first-order chi connectivity index (χ1) is 12.4. The van der Waals surface area contributed by atoms with Gasteiger partial charge in [-0.1, -0.05) is 97.8 Å². The van der Waals surface area contributed by atoms with Crippen molar-refractivity contribution >= 4 is 5.91 Å². The molecule has 0 aromatic carbocycles. The predicted octanol–water partition coefficient (Wildman–Crippen LogP) is 3.63. The molecule has 0 saturated heterocycles. The molecule has 0 aromatic rings. The topological polar surface area (TPSA) is 29.1 Å². The summed E-state index contributed by atoms with van der Waals surface area (Å²) in [5.74, 6) is 1.08. The van der Waals surface area contributed by atoms with E-state index in [4.69, 9.17) is 0 Å². The van der Waals surface area contributed by atoms with Gasteiger partial charge in [-0.2, -0.15) is 0 Å². The van der Waals surface area contributed by atoms with Crippen LogP contribution in [0.25, 0.3) is 0 Å². The van der Waals surface area contributed by atoms with Gasteiger partial charge in [-0.05, 0) is 18.8 Å². The van der Waals surface area contributed by atoms with Crippen LogP contribution in [0.5, 0.6) is 0 Å². The summed E-state index contributed by atoms with van der Waals surface area (Å²) in [6.07, 6.45) is 19.4. The molecular formula is C23H49ClN2O. The Morgan fingerprint density at radius 1 is 0.778 bits per heavy atom. The van der Waals surface area contributed by atoms with Gasteiger partial charge in [0.1, 0.15) is 6.54 Å². The van der Waals surface area contributed by atoms with Gasteiger partial charge in [0.25, 0.3) is 5.91 Å². The van der Waals surface area contributed by atoms with Crippen molar-refractivity contribution in [2.75, 3.05) is 20.6 Å². The van der Waals surface area contributed by atoms with Crippen molar-refractivity contribution in [3.05, 3.63) is 0 Å². The van der Waals surface area contributed by atoms with E-state index in [1.807, 2.05) is 0 Å². The van der Waals surface area contributed by atoms with E-state index in [2.05, 4.69) is 40.3 Å². The van der Waals surface area contributed by atoms with E-state index in [9.17, 15) is 4.79 Å². The van der Waals surface area contributed by atoms with Crippen molar-refractivity contribution < 1.29 is 21.8 Å². The number of amides is 1. The highest BCUT2D eigenvalue weighted by atomic mass is 35.5. The maximum Gasteiger partial charge on any atom is 0.264 e. The third kappa shape index (κ3) is 21.9. The predicted molar refractivity (Wildman–Crippen MR) is 115 cm³/mol. The molecule has 0 heterocycles. The Kier molecular flexibility index (Phi) is 20.4. The molecule has 3 nitrogen and oxygen atoms in total. The van der Waals surface area contributed by atoms with Gasteiger partial charge >= 0.3 is 0 Å². The molecule has 0 radical (unpaired) electrons. The van der Waals surface area contributed by atoms with Crippen LogP contribution in [0.1, 0.15) is 117 Å². The number of unbranched alkanes of at least 4 members (excludes halogenated alkanes) is 11. The maximum absolute atomic E-state index is 11.9. The van der Waals surface area contributed by atoms with Crippen LogP contribution >= 0.6 is 0 Å². The van der Waals surface area contributed by atoms with Gasteiger partial charge in [-0.25, -0.2) is 10.0 Å². The zero-order valence-corrected chi connectivity index (χ0v) is 19.9. The Morgan fingerprint density at radius 3 is 1.59 bits per heavy atom. The number of carbonyl (C=O) groups excluding carboxylic acids is 1. The van der Waals surface area contributed by atoms with Crippen LogP contribution < -0.4 is 17.8 Å². The van der Waals surface area contributed by atoms with Crippen molar-refractivity contribution in [3.63, 3.8) is 0 Å². The molecule has 0 aromatic heterocycles. The molecule has 0 bridgehead atoms. The number of rotatable bonds is 18. The van der Waals surface area contributed by atoms with Crippen LogP contribution in [-0.4, -0.2) is 31.1 Å². The highest BCUT2D eigenvalue weighted by Gasteiger charge is 2.16. The van der Waals surface area contributed by atoms with E-state index < -0.39 is 0 Å². The molecule has 0 aliphatic carbocycles. The molecule has 1 amide bonds. The van der Waals surface area contributed by atoms with E-state index in [0.717, 1.165) is 25.3 Å². The van der Waals surface area contributed by atoms with Crippen molar-refractivity contribution in [2.45, 2.75) is 117 Å². The summed E-state index contributed by atoms with van der Waals surface area (Å²) in [5.41, 5.74) is 3.10. The molecule has 27 heavy (non-hydrogen) atoms. The van der Waals surface area contributed by atoms with Gasteiger partial charge in [0, 0.05) is 6.42 Å². The summed E-state index contributed by atoms with van der Waals surface area (Å²) in [5, 5.41) is 0. The molecule has 0 spiro atoms. The normalized spacial score (nSPS) is 11.5. The second-order valence-electron chi connectivity index (χ2n) is 9.12. The lowest BCUT2D eigenvalue weighted by Crippen LogP contribution is -3.00. The zero-order valence-electron chi connectivity index (χ0n) is 19.1. The minimum absolute atomic E-state index is 0. The molecular weight excluding hydrogens is 356 g/mol. The van der Waals surface area contributed by atoms with Crippen LogP contribution in [0.3, 0.4) is 0 Å². The Labute approximate surface area is 177 Å². The van der Waals surface area contributed by atoms with Crippen LogP contribution in [0.15, 0.2) is 0 Å². The lowest BCUT2D eigenvalue weighted by molar-refractivity contribution is -0.925. The van der Waals surface area contributed by atoms with Gasteiger partial charge in [-0.15, -0.1) is 0 Å². The van der Waals surface area contributed by atoms with Gasteiger partial charge in [0.05, 0.1) is 14.1 Å². The van der Waals surface area contributed by atoms with Gasteiger partial charge in [-0.3, -0.25) is 4.79 Å². The zero-order chi connectivity index (χ0) is 19.7. The number of nitrogens with zero attached hydrogens (tertiary/aromatic N) is 1. The summed E-state index contributed by atoms with van der Waals surface area (Å²) >= 11 is 0. The molecule has 1 N–H and O–H groups in total. The fourth-order valence-corrected chi connectivity index (χ4v) is 3.61. The molecule has 0 aliphatic heterocycles. The molecule has 0 fully saturated rings. The number of hydrogen-bond acceptors (Lipinski definition) is 1. The van der Waals surface area contributed by atoms with Crippen LogP contribution in [0.4, 0.5) is 0 Å². The third-order valence-electron chi connectivity index (χ3n) is 5.15. The number of halogens is 1. The standard InChI is InChI=1S/C23H48N2O.ClH/c1-6-21-25(4,5)24-23(26)20-18-16-14-12-10-8-7-9-11-13-15-17-19-22(2)3;/h22H,6-21H2,1-5H3;1H. The van der Waals surface area contributed by atoms with Crippen LogP contribution in [0, 0.1) is 5.92 Å². The lowest BCUT2D eigenvalue weighted by Gasteiger charge is -2.28. The van der Waals surface area contributed by atoms with E-state index in [-0.39, 0.29) is 18.3 Å². The SMILES string of the molecule is CCC[N+](C)(C)NC(=O)CCCCCCCCCCCCCCC(C)C.[Cl-]. The van der Waals surface area contributed by atoms with Gasteiger partial charge in [0.15, 0.2) is 0 Å². The average Bonchev–Trinajstić information content (AvgIpc) is 2.54. The van der Waals surface area contributed by atoms with Crippen molar-refractivity contribution in [1.29, 1.82) is 0 Å². The highest BCUT2D eigenvalue weighted by Crippen LogP contribution is 2.14. The Morgan fingerprint density at radius 2 is 1.19 bits per heavy atom. The third-order valence-corrected chi connectivity index (χ3v) is 5.15. The highest BCUT2D eigenvalue weighted by molar-refractivity contribution is 5.74. The fraction of sp³-hybridized carbons (Fsp3) is 0.957. The van der Waals surface area contributed by atoms with Gasteiger partial charge < -0.3 is 12.4 Å². The summed E-state index contributed by atoms with van der Waals surface area (Å²) in [7, 11) is 4.13. The van der Waals surface area contributed by atoms with Crippen molar-refractivity contribution in [2.24, 2.45) is 5.92 Å². The quantitative estimate of drug-likeness (QED) is 0.211. The largest absolute Gasteiger partial charge is 1.00 e. The average molecular weight is 405 g/mol. The molecule has 164 valence electrons. The Hall–Kier alpha value is -0.280. The molecule has 0 saturated carbocycles. The second kappa shape index (κ2) is 19.1. The van der Waals surface area contributed by atoms with Gasteiger partial charge in [0.2, 0.25) is 0 Å². The number of nitrogens with one attached hydrogen (secondary N) is 1. The number of quaternary nitrogens is 1. The van der Waals surface area contributed by atoms with Crippen LogP contribution in [0.2, 0.25) is 0 Å². The minimum atomic E-state index is 0. The monoisotopic (exact) mass is 404 g/mol. The first kappa shape index (κ1) is 28.9. The van der Waals surface area contributed by atoms with E-state index in [1.54, 1.807) is 0 Å². The summed E-state index contributed by atoms with van der Waals surface area (Å²) in [6, 6.07) is 0. The van der Waals surface area contributed by atoms with Crippen LogP contribution in [-0.2, 0) is 4.79 Å². The van der Waals surface area contributed by atoms with E-state index in [0.29, 0.717) is 11.0 Å². The smallest absolute Gasteiger partial charge is 0.264 e. The van der Waals surface area contributed by atoms with E-state index in [1.165, 1.54) is 77.0 Å². The molecule has 4 heteroatoms. The lowest BCUT2D eigenvalue weighted by atomic mass is 10.0. The Balaban J connectivity index is 0. The minimum Gasteiger partial charge on any atom is -1.00 e. The second-order valence-corrected chi connectivity index (χ2v) is 9.12. The molecule has 0 unspecified atom stereocenters. The number of carbonyl (C=O) groups is 1. The number of hydrogen-bond donors (Lipinski definition) is 1. The van der Waals surface area contributed by atoms with E-state index >= 15 is 0 Å².